The lowest BCUT2D eigenvalue weighted by molar-refractivity contribution is 0.0600. The summed E-state index contributed by atoms with van der Waals surface area (Å²) >= 11 is 5.87. The molecule has 0 saturated carbocycles. The Morgan fingerprint density at radius 3 is 2.83 bits per heavy atom. The zero-order valence-corrected chi connectivity index (χ0v) is 10.3. The predicted molar refractivity (Wildman–Crippen MR) is 67.5 cm³/mol. The maximum absolute atomic E-state index is 11.7. The first-order valence-corrected chi connectivity index (χ1v) is 5.56. The molecular formula is C13H10ClNO3. The Hall–Kier alpha value is -2.07. The number of esters is 1. The molecule has 0 aliphatic carbocycles. The van der Waals surface area contributed by atoms with E-state index < -0.39 is 5.97 Å². The van der Waals surface area contributed by atoms with Crippen molar-refractivity contribution in [1.82, 2.24) is 4.57 Å². The molecule has 0 spiro atoms. The first-order chi connectivity index (χ1) is 8.67. The standard InChI is InChI=1S/C13H10ClNO3/c1-18-13(17)11-7-9(14)4-5-12(11)15-6-2-3-10(15)8-16/h2-8H,1H3. The molecule has 0 atom stereocenters. The Kier molecular flexibility index (Phi) is 3.48. The van der Waals surface area contributed by atoms with Crippen molar-refractivity contribution in [1.29, 1.82) is 0 Å². The van der Waals surface area contributed by atoms with Crippen LogP contribution in [0.2, 0.25) is 5.02 Å². The SMILES string of the molecule is COC(=O)c1cc(Cl)ccc1-n1cccc1C=O. The van der Waals surface area contributed by atoms with E-state index in [2.05, 4.69) is 0 Å². The summed E-state index contributed by atoms with van der Waals surface area (Å²) in [4.78, 5) is 22.6. The second-order valence-corrected chi connectivity index (χ2v) is 4.01. The molecule has 2 aromatic rings. The molecule has 0 unspecified atom stereocenters. The first-order valence-electron chi connectivity index (χ1n) is 5.18. The van der Waals surface area contributed by atoms with Gasteiger partial charge < -0.3 is 9.30 Å². The van der Waals surface area contributed by atoms with Crippen LogP contribution >= 0.6 is 11.6 Å². The Balaban J connectivity index is 2.64. The van der Waals surface area contributed by atoms with Gasteiger partial charge in [0, 0.05) is 11.2 Å². The van der Waals surface area contributed by atoms with Crippen molar-refractivity contribution in [3.63, 3.8) is 0 Å². The van der Waals surface area contributed by atoms with Gasteiger partial charge in [-0.15, -0.1) is 0 Å². The van der Waals surface area contributed by atoms with Crippen molar-refractivity contribution in [2.75, 3.05) is 7.11 Å². The van der Waals surface area contributed by atoms with E-state index in [0.717, 1.165) is 6.29 Å². The van der Waals surface area contributed by atoms with Gasteiger partial charge in [0.2, 0.25) is 0 Å². The largest absolute Gasteiger partial charge is 0.465 e. The lowest BCUT2D eigenvalue weighted by Crippen LogP contribution is -2.08. The lowest BCUT2D eigenvalue weighted by atomic mass is 10.1. The van der Waals surface area contributed by atoms with Crippen LogP contribution in [0.3, 0.4) is 0 Å². The number of carbonyl (C=O) groups is 2. The fourth-order valence-corrected chi connectivity index (χ4v) is 1.87. The quantitative estimate of drug-likeness (QED) is 0.632. The van der Waals surface area contributed by atoms with Gasteiger partial charge in [0.25, 0.3) is 0 Å². The summed E-state index contributed by atoms with van der Waals surface area (Å²) in [6, 6.07) is 8.21. The van der Waals surface area contributed by atoms with Crippen LogP contribution in [0.15, 0.2) is 36.5 Å². The Bertz CT molecular complexity index is 604. The minimum Gasteiger partial charge on any atom is -0.465 e. The van der Waals surface area contributed by atoms with Crippen molar-refractivity contribution in [2.24, 2.45) is 0 Å². The zero-order valence-electron chi connectivity index (χ0n) is 9.59. The van der Waals surface area contributed by atoms with Crippen LogP contribution in [0.5, 0.6) is 0 Å². The summed E-state index contributed by atoms with van der Waals surface area (Å²) in [7, 11) is 1.29. The van der Waals surface area contributed by atoms with E-state index in [1.165, 1.54) is 13.2 Å². The molecule has 2 rings (SSSR count). The van der Waals surface area contributed by atoms with Crippen LogP contribution in [0.4, 0.5) is 0 Å². The van der Waals surface area contributed by atoms with Crippen LogP contribution in [0, 0.1) is 0 Å². The van der Waals surface area contributed by atoms with E-state index in [1.807, 2.05) is 0 Å². The summed E-state index contributed by atoms with van der Waals surface area (Å²) in [6.07, 6.45) is 2.41. The third-order valence-electron chi connectivity index (χ3n) is 2.52. The van der Waals surface area contributed by atoms with Crippen LogP contribution in [0.1, 0.15) is 20.8 Å². The molecule has 4 nitrogen and oxygen atoms in total. The molecule has 0 N–H and O–H groups in total. The summed E-state index contributed by atoms with van der Waals surface area (Å²) in [6.45, 7) is 0. The first kappa shape index (κ1) is 12.4. The van der Waals surface area contributed by atoms with Crippen LogP contribution < -0.4 is 0 Å². The Morgan fingerprint density at radius 2 is 2.17 bits per heavy atom. The van der Waals surface area contributed by atoms with Crippen molar-refractivity contribution < 1.29 is 14.3 Å². The number of aromatic nitrogens is 1. The summed E-state index contributed by atoms with van der Waals surface area (Å²) in [5.74, 6) is -0.502. The van der Waals surface area contributed by atoms with Gasteiger partial charge in [0.15, 0.2) is 6.29 Å². The van der Waals surface area contributed by atoms with Crippen LogP contribution in [-0.4, -0.2) is 23.9 Å². The number of halogens is 1. The molecule has 0 bridgehead atoms. The van der Waals surface area contributed by atoms with E-state index in [0.29, 0.717) is 22.0 Å². The summed E-state index contributed by atoms with van der Waals surface area (Å²) < 4.78 is 6.31. The molecule has 0 amide bonds. The third-order valence-corrected chi connectivity index (χ3v) is 2.76. The monoisotopic (exact) mass is 263 g/mol. The van der Waals surface area contributed by atoms with Gasteiger partial charge in [-0.2, -0.15) is 0 Å². The van der Waals surface area contributed by atoms with Crippen LogP contribution in [0.25, 0.3) is 5.69 Å². The number of carbonyl (C=O) groups excluding carboxylic acids is 2. The van der Waals surface area contributed by atoms with Gasteiger partial charge >= 0.3 is 5.97 Å². The van der Waals surface area contributed by atoms with Gasteiger partial charge in [-0.3, -0.25) is 4.79 Å². The third kappa shape index (κ3) is 2.15. The van der Waals surface area contributed by atoms with Crippen molar-refractivity contribution in [3.05, 3.63) is 52.8 Å². The number of methoxy groups -OCH3 is 1. The Labute approximate surface area is 109 Å². The highest BCUT2D eigenvalue weighted by molar-refractivity contribution is 6.31. The topological polar surface area (TPSA) is 48.3 Å². The van der Waals surface area contributed by atoms with Gasteiger partial charge in [0.1, 0.15) is 0 Å². The molecule has 18 heavy (non-hydrogen) atoms. The number of ether oxygens (including phenoxy) is 1. The second kappa shape index (κ2) is 5.06. The van der Waals surface area contributed by atoms with E-state index in [1.54, 1.807) is 35.0 Å². The minimum atomic E-state index is -0.502. The molecule has 1 aromatic carbocycles. The van der Waals surface area contributed by atoms with E-state index >= 15 is 0 Å². The number of aldehydes is 1. The number of hydrogen-bond acceptors (Lipinski definition) is 3. The van der Waals surface area contributed by atoms with Gasteiger partial charge in [0.05, 0.1) is 24.1 Å². The minimum absolute atomic E-state index is 0.310. The second-order valence-electron chi connectivity index (χ2n) is 3.57. The molecule has 0 aliphatic heterocycles. The normalized spacial score (nSPS) is 10.1. The maximum atomic E-state index is 11.7. The van der Waals surface area contributed by atoms with E-state index in [-0.39, 0.29) is 0 Å². The highest BCUT2D eigenvalue weighted by Crippen LogP contribution is 2.22. The molecule has 0 saturated heterocycles. The van der Waals surface area contributed by atoms with E-state index in [4.69, 9.17) is 16.3 Å². The molecule has 1 aromatic heterocycles. The number of rotatable bonds is 3. The molecule has 1 heterocycles. The molecule has 5 heteroatoms. The van der Waals surface area contributed by atoms with Gasteiger partial charge in [-0.05, 0) is 30.3 Å². The fraction of sp³-hybridized carbons (Fsp3) is 0.0769. The highest BCUT2D eigenvalue weighted by atomic mass is 35.5. The number of hydrogen-bond donors (Lipinski definition) is 0. The van der Waals surface area contributed by atoms with E-state index in [9.17, 15) is 9.59 Å². The molecule has 0 aliphatic rings. The van der Waals surface area contributed by atoms with Crippen molar-refractivity contribution in [2.45, 2.75) is 0 Å². The summed E-state index contributed by atoms with van der Waals surface area (Å²) in [5.41, 5.74) is 1.31. The highest BCUT2D eigenvalue weighted by Gasteiger charge is 2.15. The average molecular weight is 264 g/mol. The lowest BCUT2D eigenvalue weighted by Gasteiger charge is -2.11. The molecular weight excluding hydrogens is 254 g/mol. The molecule has 92 valence electrons. The number of benzene rings is 1. The smallest absolute Gasteiger partial charge is 0.340 e. The molecule has 0 radical (unpaired) electrons. The fourth-order valence-electron chi connectivity index (χ4n) is 1.70. The maximum Gasteiger partial charge on any atom is 0.340 e. The number of nitrogens with zero attached hydrogens (tertiary/aromatic N) is 1. The summed E-state index contributed by atoms with van der Waals surface area (Å²) in [5, 5.41) is 0.430. The predicted octanol–water partition coefficient (Wildman–Crippen LogP) is 2.73. The van der Waals surface area contributed by atoms with Crippen molar-refractivity contribution >= 4 is 23.9 Å². The molecule has 0 fully saturated rings. The van der Waals surface area contributed by atoms with Gasteiger partial charge in [-0.1, -0.05) is 11.6 Å². The zero-order chi connectivity index (χ0) is 13.1. The average Bonchev–Trinajstić information content (AvgIpc) is 2.85. The van der Waals surface area contributed by atoms with Gasteiger partial charge in [-0.25, -0.2) is 4.79 Å². The Morgan fingerprint density at radius 1 is 1.39 bits per heavy atom. The van der Waals surface area contributed by atoms with Crippen molar-refractivity contribution in [3.8, 4) is 5.69 Å². The van der Waals surface area contributed by atoms with Crippen LogP contribution in [-0.2, 0) is 4.74 Å².